The number of benzene rings is 3. The Labute approximate surface area is 164 Å². The minimum atomic E-state index is -4.67. The molecule has 0 bridgehead atoms. The fourth-order valence-electron chi connectivity index (χ4n) is 2.56. The van der Waals surface area contributed by atoms with Crippen LogP contribution in [-0.4, -0.2) is 15.1 Å². The van der Waals surface area contributed by atoms with Gasteiger partial charge < -0.3 is 0 Å². The second kappa shape index (κ2) is 6.92. The molecule has 0 unspecified atom stereocenters. The Kier molecular flexibility index (Phi) is 5.39. The summed E-state index contributed by atoms with van der Waals surface area (Å²) in [5.41, 5.74) is 0. The van der Waals surface area contributed by atoms with Gasteiger partial charge in [0.1, 0.15) is 0 Å². The summed E-state index contributed by atoms with van der Waals surface area (Å²) in [4.78, 5) is 0. The van der Waals surface area contributed by atoms with E-state index in [0.717, 1.165) is 10.5 Å². The molecule has 0 amide bonds. The summed E-state index contributed by atoms with van der Waals surface area (Å²) in [5, 5.41) is 1.90. The summed E-state index contributed by atoms with van der Waals surface area (Å²) in [6, 6.07) is 22.2. The zero-order valence-corrected chi connectivity index (χ0v) is 18.6. The molecule has 0 heterocycles. The van der Waals surface area contributed by atoms with Crippen LogP contribution in [0.25, 0.3) is 0 Å². The molecule has 0 aliphatic rings. The van der Waals surface area contributed by atoms with Gasteiger partial charge in [0.05, 0.1) is 0 Å². The van der Waals surface area contributed by atoms with E-state index in [-0.39, 0.29) is 0 Å². The predicted octanol–water partition coefficient (Wildman–Crippen LogP) is 5.54. The summed E-state index contributed by atoms with van der Waals surface area (Å²) < 4.78 is 2.63. The molecule has 0 aromatic heterocycles. The number of hydrogen-bond donors (Lipinski definition) is 0. The first-order valence-corrected chi connectivity index (χ1v) is 18.5. The molecule has 0 nitrogen and oxygen atoms in total. The number of halogens is 5. The van der Waals surface area contributed by atoms with Gasteiger partial charge in [-0.1, -0.05) is 0 Å². The summed E-state index contributed by atoms with van der Waals surface area (Å²) in [6.45, 7) is 0. The Hall–Kier alpha value is -0.0718. The van der Waals surface area contributed by atoms with Gasteiger partial charge in [0.2, 0.25) is 0 Å². The Bertz CT molecular complexity index is 738. The van der Waals surface area contributed by atoms with Crippen LogP contribution in [0.4, 0.5) is 0 Å². The maximum absolute atomic E-state index is 7.37. The molecule has 0 aliphatic carbocycles. The van der Waals surface area contributed by atoms with E-state index in [2.05, 4.69) is 0 Å². The van der Waals surface area contributed by atoms with E-state index in [1.54, 1.807) is 36.4 Å². The molecule has 3 rings (SSSR count). The van der Waals surface area contributed by atoms with Crippen molar-refractivity contribution in [3.05, 3.63) is 87.9 Å². The van der Waals surface area contributed by atoms with Gasteiger partial charge in [0.15, 0.2) is 0 Å². The molecule has 0 saturated heterocycles. The molecule has 124 valence electrons. The van der Waals surface area contributed by atoms with Gasteiger partial charge in [0.25, 0.3) is 0 Å². The molecule has 6 heteroatoms. The van der Waals surface area contributed by atoms with Crippen molar-refractivity contribution in [3.8, 4) is 0 Å². The van der Waals surface area contributed by atoms with Crippen molar-refractivity contribution in [1.82, 2.24) is 0 Å². The zero-order chi connectivity index (χ0) is 17.4. The number of hydrogen-bond acceptors (Lipinski definition) is 0. The van der Waals surface area contributed by atoms with Crippen molar-refractivity contribution in [3.63, 3.8) is 0 Å². The molecule has 0 saturated carbocycles. The molecule has 0 fully saturated rings. The van der Waals surface area contributed by atoms with Crippen molar-refractivity contribution in [2.45, 2.75) is 0 Å². The average Bonchev–Trinajstić information content (AvgIpc) is 2.56. The fourth-order valence-corrected chi connectivity index (χ4v) is 15.8. The first kappa shape index (κ1) is 18.7. The Morgan fingerprint density at radius 1 is 0.417 bits per heavy atom. The summed E-state index contributed by atoms with van der Waals surface area (Å²) in [7, 11) is 14.7. The summed E-state index contributed by atoms with van der Waals surface area (Å²) in [5.74, 6) is 0. The molecule has 24 heavy (non-hydrogen) atoms. The standard InChI is InChI=1S/3C6H4Cl.2ClH.Sb/c3*7-6-4-2-1-3-5-6;;;/h3*2-5H;2*1H;/q;;;;;+2/p-2. The van der Waals surface area contributed by atoms with Crippen LogP contribution in [0.2, 0.25) is 15.1 Å². The van der Waals surface area contributed by atoms with Crippen LogP contribution < -0.4 is 10.5 Å². The number of rotatable bonds is 3. The topological polar surface area (TPSA) is 0 Å². The van der Waals surface area contributed by atoms with E-state index in [4.69, 9.17) is 52.5 Å². The van der Waals surface area contributed by atoms with Crippen LogP contribution in [-0.2, 0) is 0 Å². The third-order valence-corrected chi connectivity index (χ3v) is 22.8. The van der Waals surface area contributed by atoms with E-state index in [9.17, 15) is 0 Å². The normalized spacial score (nSPS) is 13.3. The van der Waals surface area contributed by atoms with Crippen LogP contribution in [0.15, 0.2) is 72.8 Å². The quantitative estimate of drug-likeness (QED) is 0.393. The average molecular weight is 527 g/mol. The van der Waals surface area contributed by atoms with Crippen molar-refractivity contribution in [1.29, 1.82) is 0 Å². The monoisotopic (exact) mass is 524 g/mol. The molecule has 0 aliphatic heterocycles. The molecule has 0 N–H and O–H groups in total. The Balaban J connectivity index is 2.33. The van der Waals surface area contributed by atoms with E-state index < -0.39 is 15.1 Å². The summed E-state index contributed by atoms with van der Waals surface area (Å²) in [6.07, 6.45) is 0. The second-order valence-corrected chi connectivity index (χ2v) is 26.5. The van der Waals surface area contributed by atoms with Crippen LogP contribution in [0.1, 0.15) is 0 Å². The third-order valence-electron chi connectivity index (χ3n) is 3.84. The van der Waals surface area contributed by atoms with E-state index in [0.29, 0.717) is 15.1 Å². The zero-order valence-electron chi connectivity index (χ0n) is 12.3. The van der Waals surface area contributed by atoms with Crippen LogP contribution in [0, 0.1) is 0 Å². The molecular weight excluding hydrogens is 515 g/mol. The molecule has 0 spiro atoms. The molecular formula is C18H12Cl5Sb. The minimum absolute atomic E-state index is 0.634. The second-order valence-electron chi connectivity index (χ2n) is 5.34. The van der Waals surface area contributed by atoms with Crippen LogP contribution >= 0.6 is 52.5 Å². The van der Waals surface area contributed by atoms with Crippen molar-refractivity contribution >= 4 is 78.1 Å². The van der Waals surface area contributed by atoms with Gasteiger partial charge in [0, 0.05) is 0 Å². The fraction of sp³-hybridized carbons (Fsp3) is 0. The van der Waals surface area contributed by atoms with Gasteiger partial charge in [-0.2, -0.15) is 0 Å². The van der Waals surface area contributed by atoms with Gasteiger partial charge >= 0.3 is 166 Å². The maximum atomic E-state index is 7.37. The van der Waals surface area contributed by atoms with Gasteiger partial charge in [-0.3, -0.25) is 0 Å². The van der Waals surface area contributed by atoms with Crippen molar-refractivity contribution in [2.24, 2.45) is 0 Å². The van der Waals surface area contributed by atoms with Gasteiger partial charge in [-0.05, 0) is 0 Å². The molecule has 0 radical (unpaired) electrons. The van der Waals surface area contributed by atoms with Crippen LogP contribution in [0.5, 0.6) is 0 Å². The SMILES string of the molecule is Clc1cc[c]([Sb]([Cl])([Cl])([c]2ccc(Cl)cc2)[c]2ccc(Cl)cc2)cc1. The predicted molar refractivity (Wildman–Crippen MR) is 111 cm³/mol. The van der Waals surface area contributed by atoms with Gasteiger partial charge in [-0.25, -0.2) is 0 Å². The summed E-state index contributed by atoms with van der Waals surface area (Å²) >= 11 is 13.5. The van der Waals surface area contributed by atoms with E-state index >= 15 is 0 Å². The van der Waals surface area contributed by atoms with Crippen molar-refractivity contribution in [2.75, 3.05) is 0 Å². The van der Waals surface area contributed by atoms with Crippen LogP contribution in [0.3, 0.4) is 0 Å². The van der Waals surface area contributed by atoms with E-state index in [1.807, 2.05) is 36.4 Å². The molecule has 3 aromatic rings. The molecule has 3 aromatic carbocycles. The van der Waals surface area contributed by atoms with E-state index in [1.165, 1.54) is 0 Å². The first-order chi connectivity index (χ1) is 11.3. The Morgan fingerprint density at radius 3 is 0.833 bits per heavy atom. The van der Waals surface area contributed by atoms with Gasteiger partial charge in [-0.15, -0.1) is 0 Å². The Morgan fingerprint density at radius 2 is 0.625 bits per heavy atom. The van der Waals surface area contributed by atoms with Crippen molar-refractivity contribution < 1.29 is 0 Å². The molecule has 0 atom stereocenters. The first-order valence-electron chi connectivity index (χ1n) is 7.04. The third kappa shape index (κ3) is 3.30.